The lowest BCUT2D eigenvalue weighted by Crippen LogP contribution is -2.26. The molecule has 1 aromatic heterocycles. The number of fused-ring (bicyclic) bond motifs is 1. The van der Waals surface area contributed by atoms with Crippen LogP contribution in [0.4, 0.5) is 5.69 Å². The standard InChI is InChI=1S/C7H7N3O2/c1-4-6-7(9-3-8-4)12-2-5(11)10-6/h3H,2H2,1H3,(H,10,11). The molecule has 0 saturated heterocycles. The number of carbonyl (C=O) groups is 1. The molecule has 0 saturated carbocycles. The molecule has 0 spiro atoms. The summed E-state index contributed by atoms with van der Waals surface area (Å²) in [6.45, 7) is 1.82. The smallest absolute Gasteiger partial charge is 0.262 e. The number of nitrogens with zero attached hydrogens (tertiary/aromatic N) is 2. The van der Waals surface area contributed by atoms with Gasteiger partial charge in [-0.25, -0.2) is 4.98 Å². The minimum absolute atomic E-state index is 0.0312. The van der Waals surface area contributed by atoms with Gasteiger partial charge in [0.15, 0.2) is 6.61 Å². The van der Waals surface area contributed by atoms with E-state index in [0.29, 0.717) is 17.3 Å². The molecule has 2 heterocycles. The Hall–Kier alpha value is -1.65. The Morgan fingerprint density at radius 1 is 1.58 bits per heavy atom. The summed E-state index contributed by atoms with van der Waals surface area (Å²) in [7, 11) is 0. The number of rotatable bonds is 0. The van der Waals surface area contributed by atoms with E-state index in [2.05, 4.69) is 15.3 Å². The normalized spacial score (nSPS) is 14.6. The molecule has 0 fully saturated rings. The fourth-order valence-corrected chi connectivity index (χ4v) is 1.01. The van der Waals surface area contributed by atoms with Gasteiger partial charge in [-0.1, -0.05) is 0 Å². The van der Waals surface area contributed by atoms with Gasteiger partial charge in [-0.15, -0.1) is 0 Å². The zero-order valence-electron chi connectivity index (χ0n) is 6.50. The Morgan fingerprint density at radius 3 is 3.25 bits per heavy atom. The van der Waals surface area contributed by atoms with Gasteiger partial charge in [-0.2, -0.15) is 4.98 Å². The first-order valence-electron chi connectivity index (χ1n) is 3.51. The van der Waals surface area contributed by atoms with E-state index < -0.39 is 0 Å². The van der Waals surface area contributed by atoms with Gasteiger partial charge in [0.1, 0.15) is 12.0 Å². The summed E-state index contributed by atoms with van der Waals surface area (Å²) in [5.74, 6) is 0.280. The van der Waals surface area contributed by atoms with Crippen molar-refractivity contribution in [3.8, 4) is 5.88 Å². The van der Waals surface area contributed by atoms with Crippen molar-refractivity contribution in [1.82, 2.24) is 9.97 Å². The largest absolute Gasteiger partial charge is 0.466 e. The van der Waals surface area contributed by atoms with Crippen molar-refractivity contribution in [3.63, 3.8) is 0 Å². The summed E-state index contributed by atoms with van der Waals surface area (Å²) in [6, 6.07) is 0. The van der Waals surface area contributed by atoms with Crippen LogP contribution in [0.25, 0.3) is 0 Å². The van der Waals surface area contributed by atoms with Crippen molar-refractivity contribution >= 4 is 11.6 Å². The number of anilines is 1. The Balaban J connectivity index is 2.50. The third-order valence-corrected chi connectivity index (χ3v) is 1.61. The van der Waals surface area contributed by atoms with E-state index in [1.807, 2.05) is 0 Å². The molecular weight excluding hydrogens is 158 g/mol. The monoisotopic (exact) mass is 165 g/mol. The zero-order valence-corrected chi connectivity index (χ0v) is 6.50. The Morgan fingerprint density at radius 2 is 2.42 bits per heavy atom. The first-order valence-corrected chi connectivity index (χ1v) is 3.51. The van der Waals surface area contributed by atoms with Crippen LogP contribution in [0.1, 0.15) is 5.69 Å². The van der Waals surface area contributed by atoms with E-state index in [-0.39, 0.29) is 12.5 Å². The molecule has 0 unspecified atom stereocenters. The molecule has 0 aromatic carbocycles. The summed E-state index contributed by atoms with van der Waals surface area (Å²) in [6.07, 6.45) is 1.41. The minimum Gasteiger partial charge on any atom is -0.466 e. The van der Waals surface area contributed by atoms with E-state index >= 15 is 0 Å². The van der Waals surface area contributed by atoms with Crippen LogP contribution in [0.15, 0.2) is 6.33 Å². The highest BCUT2D eigenvalue weighted by atomic mass is 16.5. The molecule has 1 N–H and O–H groups in total. The highest BCUT2D eigenvalue weighted by molar-refractivity contribution is 5.95. The van der Waals surface area contributed by atoms with Crippen LogP contribution in [-0.2, 0) is 4.79 Å². The highest BCUT2D eigenvalue weighted by Gasteiger charge is 2.18. The summed E-state index contributed by atoms with van der Waals surface area (Å²) < 4.78 is 5.05. The number of carbonyl (C=O) groups excluding carboxylic acids is 1. The van der Waals surface area contributed by atoms with Crippen molar-refractivity contribution in [2.24, 2.45) is 0 Å². The van der Waals surface area contributed by atoms with Crippen LogP contribution >= 0.6 is 0 Å². The maximum absolute atomic E-state index is 10.9. The Bertz CT molecular complexity index is 337. The fraction of sp³-hybridized carbons (Fsp3) is 0.286. The van der Waals surface area contributed by atoms with Crippen molar-refractivity contribution in [2.45, 2.75) is 6.92 Å². The van der Waals surface area contributed by atoms with Gasteiger partial charge < -0.3 is 10.1 Å². The van der Waals surface area contributed by atoms with E-state index in [1.165, 1.54) is 6.33 Å². The van der Waals surface area contributed by atoms with E-state index in [4.69, 9.17) is 4.74 Å². The van der Waals surface area contributed by atoms with E-state index in [0.717, 1.165) is 0 Å². The van der Waals surface area contributed by atoms with Gasteiger partial charge in [-0.05, 0) is 6.92 Å². The first-order chi connectivity index (χ1) is 5.77. The second-order valence-electron chi connectivity index (χ2n) is 2.48. The second kappa shape index (κ2) is 2.44. The molecule has 1 aliphatic heterocycles. The van der Waals surface area contributed by atoms with Crippen molar-refractivity contribution < 1.29 is 9.53 Å². The van der Waals surface area contributed by atoms with Gasteiger partial charge in [0.05, 0.1) is 5.69 Å². The fourth-order valence-electron chi connectivity index (χ4n) is 1.01. The average molecular weight is 165 g/mol. The maximum Gasteiger partial charge on any atom is 0.262 e. The van der Waals surface area contributed by atoms with Crippen molar-refractivity contribution in [2.75, 3.05) is 11.9 Å². The van der Waals surface area contributed by atoms with Crippen LogP contribution in [0.2, 0.25) is 0 Å². The molecule has 5 nitrogen and oxygen atoms in total. The summed E-state index contributed by atoms with van der Waals surface area (Å²) in [4.78, 5) is 18.7. The van der Waals surface area contributed by atoms with Gasteiger partial charge in [0.2, 0.25) is 5.88 Å². The molecule has 1 aromatic rings. The minimum atomic E-state index is -0.166. The van der Waals surface area contributed by atoms with Gasteiger partial charge in [0, 0.05) is 0 Å². The number of hydrogen-bond donors (Lipinski definition) is 1. The number of amides is 1. The zero-order chi connectivity index (χ0) is 8.55. The molecule has 0 bridgehead atoms. The van der Waals surface area contributed by atoms with Crippen LogP contribution in [-0.4, -0.2) is 22.5 Å². The quantitative estimate of drug-likeness (QED) is 0.592. The number of aromatic nitrogens is 2. The molecule has 1 amide bonds. The Labute approximate surface area is 68.8 Å². The lowest BCUT2D eigenvalue weighted by atomic mass is 10.3. The van der Waals surface area contributed by atoms with Crippen molar-refractivity contribution in [1.29, 1.82) is 0 Å². The summed E-state index contributed by atoms with van der Waals surface area (Å²) in [5.41, 5.74) is 1.29. The third-order valence-electron chi connectivity index (χ3n) is 1.61. The molecule has 2 rings (SSSR count). The molecule has 1 aliphatic rings. The van der Waals surface area contributed by atoms with Crippen LogP contribution in [0.5, 0.6) is 5.88 Å². The predicted octanol–water partition coefficient (Wildman–Crippen LogP) is 0.116. The first kappa shape index (κ1) is 7.02. The number of ether oxygens (including phenoxy) is 1. The lowest BCUT2D eigenvalue weighted by molar-refractivity contribution is -0.118. The number of aryl methyl sites for hydroxylation is 1. The maximum atomic E-state index is 10.9. The second-order valence-corrected chi connectivity index (χ2v) is 2.48. The van der Waals surface area contributed by atoms with Gasteiger partial charge >= 0.3 is 0 Å². The van der Waals surface area contributed by atoms with E-state index in [9.17, 15) is 4.79 Å². The highest BCUT2D eigenvalue weighted by Crippen LogP contribution is 2.25. The summed E-state index contributed by atoms with van der Waals surface area (Å²) in [5, 5.41) is 2.64. The van der Waals surface area contributed by atoms with Crippen LogP contribution < -0.4 is 10.1 Å². The van der Waals surface area contributed by atoms with Crippen molar-refractivity contribution in [3.05, 3.63) is 12.0 Å². The molecule has 0 aliphatic carbocycles. The SMILES string of the molecule is Cc1ncnc2c1NC(=O)CO2. The number of nitrogens with one attached hydrogen (secondary N) is 1. The molecular formula is C7H7N3O2. The third kappa shape index (κ3) is 0.990. The lowest BCUT2D eigenvalue weighted by Gasteiger charge is -2.16. The van der Waals surface area contributed by atoms with Gasteiger partial charge in [-0.3, -0.25) is 4.79 Å². The predicted molar refractivity (Wildman–Crippen MR) is 40.9 cm³/mol. The molecule has 0 atom stereocenters. The van der Waals surface area contributed by atoms with Crippen LogP contribution in [0, 0.1) is 6.92 Å². The molecule has 62 valence electrons. The number of hydrogen-bond acceptors (Lipinski definition) is 4. The van der Waals surface area contributed by atoms with E-state index in [1.54, 1.807) is 6.92 Å². The molecule has 12 heavy (non-hydrogen) atoms. The van der Waals surface area contributed by atoms with Crippen LogP contribution in [0.3, 0.4) is 0 Å². The summed E-state index contributed by atoms with van der Waals surface area (Å²) >= 11 is 0. The average Bonchev–Trinajstić information content (AvgIpc) is 2.07. The molecule has 5 heteroatoms. The molecule has 0 radical (unpaired) electrons. The topological polar surface area (TPSA) is 64.1 Å². The Kier molecular flexibility index (Phi) is 1.43. The van der Waals surface area contributed by atoms with Gasteiger partial charge in [0.25, 0.3) is 5.91 Å².